The fourth-order valence-corrected chi connectivity index (χ4v) is 5.48. The highest BCUT2D eigenvalue weighted by molar-refractivity contribution is 7.13. The number of rotatable bonds is 10. The van der Waals surface area contributed by atoms with Crippen LogP contribution in [0.2, 0.25) is 0 Å². The lowest BCUT2D eigenvalue weighted by atomic mass is 10.0. The van der Waals surface area contributed by atoms with Crippen molar-refractivity contribution in [1.29, 1.82) is 0 Å². The van der Waals surface area contributed by atoms with Gasteiger partial charge in [-0.25, -0.2) is 4.98 Å². The third-order valence-electron chi connectivity index (χ3n) is 6.55. The van der Waals surface area contributed by atoms with Crippen LogP contribution < -0.4 is 10.6 Å². The summed E-state index contributed by atoms with van der Waals surface area (Å²) in [6.07, 6.45) is 5.82. The Kier molecular flexibility index (Phi) is 8.87. The Morgan fingerprint density at radius 3 is 2.54 bits per heavy atom. The molecule has 1 aliphatic heterocycles. The van der Waals surface area contributed by atoms with Crippen LogP contribution in [0.3, 0.4) is 0 Å². The molecule has 1 aliphatic carbocycles. The molecule has 0 unspecified atom stereocenters. The largest absolute Gasteiger partial charge is 0.376 e. The summed E-state index contributed by atoms with van der Waals surface area (Å²) < 4.78 is 5.83. The van der Waals surface area contributed by atoms with Crippen LogP contribution in [-0.2, 0) is 19.1 Å². The van der Waals surface area contributed by atoms with Gasteiger partial charge >= 0.3 is 0 Å². The van der Waals surface area contributed by atoms with Gasteiger partial charge in [-0.05, 0) is 38.2 Å². The highest BCUT2D eigenvalue weighted by Crippen LogP contribution is 2.27. The molecule has 1 aromatic carbocycles. The number of benzene rings is 1. The minimum atomic E-state index is -0.766. The van der Waals surface area contributed by atoms with E-state index >= 15 is 0 Å². The van der Waals surface area contributed by atoms with E-state index < -0.39 is 6.04 Å². The summed E-state index contributed by atoms with van der Waals surface area (Å²) in [4.78, 5) is 45.5. The fraction of sp³-hybridized carbons (Fsp3) is 0.538. The molecule has 3 amide bonds. The molecule has 2 fully saturated rings. The molecular formula is C26H34N4O4S. The summed E-state index contributed by atoms with van der Waals surface area (Å²) in [5.74, 6) is -0.671. The van der Waals surface area contributed by atoms with Crippen LogP contribution in [0.5, 0.6) is 0 Å². The van der Waals surface area contributed by atoms with Crippen molar-refractivity contribution < 1.29 is 19.1 Å². The average molecular weight is 499 g/mol. The molecule has 1 saturated carbocycles. The highest BCUT2D eigenvalue weighted by atomic mass is 32.1. The molecule has 4 rings (SSSR count). The number of aromatic nitrogens is 1. The third-order valence-corrected chi connectivity index (χ3v) is 7.43. The maximum Gasteiger partial charge on any atom is 0.247 e. The van der Waals surface area contributed by atoms with Crippen molar-refractivity contribution in [2.24, 2.45) is 0 Å². The number of hydrogen-bond donors (Lipinski definition) is 2. The highest BCUT2D eigenvalue weighted by Gasteiger charge is 2.35. The Morgan fingerprint density at radius 1 is 1.11 bits per heavy atom. The molecule has 35 heavy (non-hydrogen) atoms. The van der Waals surface area contributed by atoms with Gasteiger partial charge in [0.25, 0.3) is 0 Å². The van der Waals surface area contributed by atoms with Gasteiger partial charge < -0.3 is 20.3 Å². The maximum atomic E-state index is 13.6. The second-order valence-corrected chi connectivity index (χ2v) is 10.2. The van der Waals surface area contributed by atoms with Crippen LogP contribution in [0.15, 0.2) is 35.7 Å². The van der Waals surface area contributed by atoms with Crippen molar-refractivity contribution in [3.05, 3.63) is 47.0 Å². The van der Waals surface area contributed by atoms with Gasteiger partial charge in [-0.1, -0.05) is 43.2 Å². The predicted octanol–water partition coefficient (Wildman–Crippen LogP) is 3.98. The summed E-state index contributed by atoms with van der Waals surface area (Å²) in [6, 6.07) is 8.79. The van der Waals surface area contributed by atoms with Gasteiger partial charge in [-0.2, -0.15) is 0 Å². The summed E-state index contributed by atoms with van der Waals surface area (Å²) in [6.45, 7) is 2.84. The van der Waals surface area contributed by atoms with E-state index in [2.05, 4.69) is 15.6 Å². The second kappa shape index (κ2) is 12.3. The lowest BCUT2D eigenvalue weighted by Crippen LogP contribution is -2.48. The number of anilines is 1. The van der Waals surface area contributed by atoms with Gasteiger partial charge in [-0.3, -0.25) is 14.4 Å². The van der Waals surface area contributed by atoms with E-state index in [1.807, 2.05) is 42.6 Å². The standard InChI is InChI=1S/C26H34N4O4S/c1-18-17-35-26(27-18)29-22(31)13-14-23(32)30(16-21-12-7-15-34-21)24(19-8-3-2-4-9-19)25(33)28-20-10-5-6-11-20/h2-4,8-9,17,20-21,24H,5-7,10-16H2,1H3,(H,28,33)(H,27,29,31)/t21-,24+/m1/s1. The molecular weight excluding hydrogens is 464 g/mol. The van der Waals surface area contributed by atoms with E-state index in [9.17, 15) is 14.4 Å². The Bertz CT molecular complexity index is 1000. The first-order chi connectivity index (χ1) is 17.0. The first kappa shape index (κ1) is 25.3. The maximum absolute atomic E-state index is 13.6. The van der Waals surface area contributed by atoms with Crippen molar-refractivity contribution in [3.8, 4) is 0 Å². The Hall–Kier alpha value is -2.78. The lowest BCUT2D eigenvalue weighted by molar-refractivity contribution is -0.143. The van der Waals surface area contributed by atoms with E-state index in [0.29, 0.717) is 18.3 Å². The molecule has 1 aromatic heterocycles. The van der Waals surface area contributed by atoms with Gasteiger partial charge in [0.15, 0.2) is 5.13 Å². The molecule has 2 atom stereocenters. The second-order valence-electron chi connectivity index (χ2n) is 9.33. The van der Waals surface area contributed by atoms with Crippen LogP contribution in [0.4, 0.5) is 5.13 Å². The number of hydrogen-bond acceptors (Lipinski definition) is 6. The van der Waals surface area contributed by atoms with Gasteiger partial charge in [-0.15, -0.1) is 11.3 Å². The Morgan fingerprint density at radius 2 is 1.89 bits per heavy atom. The predicted molar refractivity (Wildman–Crippen MR) is 135 cm³/mol. The van der Waals surface area contributed by atoms with Gasteiger partial charge in [0, 0.05) is 37.4 Å². The molecule has 0 bridgehead atoms. The molecule has 9 heteroatoms. The quantitative estimate of drug-likeness (QED) is 0.516. The number of amides is 3. The first-order valence-corrected chi connectivity index (χ1v) is 13.4. The number of nitrogens with zero attached hydrogens (tertiary/aromatic N) is 2. The van der Waals surface area contributed by atoms with Gasteiger partial charge in [0.05, 0.1) is 11.8 Å². The fourth-order valence-electron chi connectivity index (χ4n) is 4.77. The SMILES string of the molecule is Cc1csc(NC(=O)CCC(=O)N(C[C@H]2CCCO2)[C@H](C(=O)NC2CCCC2)c2ccccc2)n1. The Balaban J connectivity index is 1.50. The van der Waals surface area contributed by atoms with Crippen LogP contribution in [0.1, 0.15) is 68.7 Å². The van der Waals surface area contributed by atoms with Gasteiger partial charge in [0.2, 0.25) is 17.7 Å². The summed E-state index contributed by atoms with van der Waals surface area (Å²) in [7, 11) is 0. The molecule has 2 aliphatic rings. The van der Waals surface area contributed by atoms with E-state index in [-0.39, 0.29) is 42.7 Å². The number of ether oxygens (including phenoxy) is 1. The summed E-state index contributed by atoms with van der Waals surface area (Å²) in [5.41, 5.74) is 1.60. The van der Waals surface area contributed by atoms with E-state index in [0.717, 1.165) is 49.8 Å². The smallest absolute Gasteiger partial charge is 0.247 e. The molecule has 0 radical (unpaired) electrons. The Labute approximate surface area is 210 Å². The van der Waals surface area contributed by atoms with Crippen molar-refractivity contribution in [2.75, 3.05) is 18.5 Å². The number of thiazole rings is 1. The number of aryl methyl sites for hydroxylation is 1. The first-order valence-electron chi connectivity index (χ1n) is 12.5. The van der Waals surface area contributed by atoms with Crippen LogP contribution in [0.25, 0.3) is 0 Å². The van der Waals surface area contributed by atoms with Gasteiger partial charge in [0.1, 0.15) is 6.04 Å². The third kappa shape index (κ3) is 7.11. The summed E-state index contributed by atoms with van der Waals surface area (Å²) in [5, 5.41) is 8.31. The normalized spacial score (nSPS) is 18.8. The lowest BCUT2D eigenvalue weighted by Gasteiger charge is -2.34. The van der Waals surface area contributed by atoms with E-state index in [4.69, 9.17) is 4.74 Å². The van der Waals surface area contributed by atoms with E-state index in [1.165, 1.54) is 11.3 Å². The monoisotopic (exact) mass is 498 g/mol. The molecule has 0 spiro atoms. The zero-order valence-corrected chi connectivity index (χ0v) is 21.0. The molecule has 1 saturated heterocycles. The molecule has 8 nitrogen and oxygen atoms in total. The van der Waals surface area contributed by atoms with Crippen molar-refractivity contribution >= 4 is 34.2 Å². The molecule has 188 valence electrons. The number of carbonyl (C=O) groups is 3. The van der Waals surface area contributed by atoms with Crippen molar-refractivity contribution in [2.45, 2.75) is 76.5 Å². The van der Waals surface area contributed by atoms with Crippen molar-refractivity contribution in [3.63, 3.8) is 0 Å². The average Bonchev–Trinajstić information content (AvgIpc) is 3.62. The zero-order chi connectivity index (χ0) is 24.6. The molecule has 2 aromatic rings. The summed E-state index contributed by atoms with van der Waals surface area (Å²) >= 11 is 1.35. The molecule has 2 N–H and O–H groups in total. The zero-order valence-electron chi connectivity index (χ0n) is 20.2. The topological polar surface area (TPSA) is 101 Å². The minimum absolute atomic E-state index is 0.00293. The number of nitrogens with one attached hydrogen (secondary N) is 2. The number of carbonyl (C=O) groups excluding carboxylic acids is 3. The molecule has 2 heterocycles. The van der Waals surface area contributed by atoms with Crippen molar-refractivity contribution in [1.82, 2.24) is 15.2 Å². The van der Waals surface area contributed by atoms with Crippen LogP contribution in [0, 0.1) is 6.92 Å². The minimum Gasteiger partial charge on any atom is -0.376 e. The van der Waals surface area contributed by atoms with Crippen LogP contribution >= 0.6 is 11.3 Å². The van der Waals surface area contributed by atoms with E-state index in [1.54, 1.807) is 4.90 Å². The van der Waals surface area contributed by atoms with Crippen LogP contribution in [-0.4, -0.2) is 52.9 Å².